The van der Waals surface area contributed by atoms with Crippen LogP contribution in [0.5, 0.6) is 0 Å². The van der Waals surface area contributed by atoms with Crippen molar-refractivity contribution in [2.24, 2.45) is 5.92 Å². The van der Waals surface area contributed by atoms with E-state index in [1.807, 2.05) is 32.1 Å². The van der Waals surface area contributed by atoms with Gasteiger partial charge in [0.15, 0.2) is 0 Å². The number of carbonyl (C=O) groups is 3. The molecule has 38 heavy (non-hydrogen) atoms. The van der Waals surface area contributed by atoms with Crippen LogP contribution in [0.4, 0.5) is 0 Å². The third-order valence-electron chi connectivity index (χ3n) is 6.98. The van der Waals surface area contributed by atoms with Gasteiger partial charge in [0.05, 0.1) is 15.2 Å². The molecule has 3 rings (SSSR count). The van der Waals surface area contributed by atoms with Gasteiger partial charge in [-0.05, 0) is 50.0 Å². The molecule has 10 heteroatoms. The number of likely N-dealkylation sites (tertiary alicyclic amines) is 1. The summed E-state index contributed by atoms with van der Waals surface area (Å²) in [6, 6.07) is 4.43. The van der Waals surface area contributed by atoms with Crippen LogP contribution in [0.2, 0.25) is 5.02 Å². The summed E-state index contributed by atoms with van der Waals surface area (Å²) in [6.45, 7) is 9.08. The van der Waals surface area contributed by atoms with Crippen molar-refractivity contribution in [3.63, 3.8) is 0 Å². The molecular formula is C28H40ClN5O3S. The lowest BCUT2D eigenvalue weighted by Gasteiger charge is -2.27. The van der Waals surface area contributed by atoms with Gasteiger partial charge < -0.3 is 16.0 Å². The van der Waals surface area contributed by atoms with Crippen LogP contribution in [-0.4, -0.2) is 65.9 Å². The van der Waals surface area contributed by atoms with Gasteiger partial charge in [-0.1, -0.05) is 51.3 Å². The largest absolute Gasteiger partial charge is 0.350 e. The van der Waals surface area contributed by atoms with E-state index in [0.717, 1.165) is 41.3 Å². The molecule has 0 spiro atoms. The summed E-state index contributed by atoms with van der Waals surface area (Å²) in [7, 11) is 0. The number of hydrogen-bond donors (Lipinski definition) is 3. The van der Waals surface area contributed by atoms with Crippen molar-refractivity contribution < 1.29 is 14.4 Å². The highest BCUT2D eigenvalue weighted by Gasteiger charge is 2.27. The van der Waals surface area contributed by atoms with Gasteiger partial charge in [0.1, 0.15) is 6.04 Å². The number of hydrogen-bond acceptors (Lipinski definition) is 6. The van der Waals surface area contributed by atoms with E-state index >= 15 is 0 Å². The summed E-state index contributed by atoms with van der Waals surface area (Å²) in [5, 5.41) is 10.2. The number of halogens is 1. The van der Waals surface area contributed by atoms with Crippen molar-refractivity contribution in [2.75, 3.05) is 26.2 Å². The lowest BCUT2D eigenvalue weighted by molar-refractivity contribution is -0.129. The van der Waals surface area contributed by atoms with Crippen LogP contribution in [0.1, 0.15) is 57.9 Å². The minimum atomic E-state index is -0.773. The SMILES string of the molecule is CCC(=O)N[C@@H](Cc1nc2ccc(Cl)cc2s1)C(=O)N[C@H](CNC(=O)/C=C/CN1CCCCC1)[C@@H](C)CC. The minimum absolute atomic E-state index is 0.128. The average Bonchev–Trinajstić information content (AvgIpc) is 3.31. The van der Waals surface area contributed by atoms with Crippen molar-refractivity contribution in [1.82, 2.24) is 25.8 Å². The van der Waals surface area contributed by atoms with Crippen molar-refractivity contribution >= 4 is 50.9 Å². The predicted octanol–water partition coefficient (Wildman–Crippen LogP) is 4.08. The summed E-state index contributed by atoms with van der Waals surface area (Å²) < 4.78 is 0.932. The average molecular weight is 562 g/mol. The summed E-state index contributed by atoms with van der Waals surface area (Å²) in [4.78, 5) is 45.1. The molecule has 3 atom stereocenters. The second kappa shape index (κ2) is 15.2. The van der Waals surface area contributed by atoms with Gasteiger partial charge in [0.2, 0.25) is 17.7 Å². The van der Waals surface area contributed by atoms with E-state index in [1.54, 1.807) is 19.1 Å². The number of rotatable bonds is 13. The maximum atomic E-state index is 13.4. The van der Waals surface area contributed by atoms with Gasteiger partial charge >= 0.3 is 0 Å². The molecular weight excluding hydrogens is 522 g/mol. The number of aromatic nitrogens is 1. The molecule has 1 fully saturated rings. The standard InChI is InChI=1S/C28H40ClN5O3S/c1-4-19(3)23(18-30-26(36)10-9-15-34-13-7-6-8-14-34)33-28(37)22(31-25(35)5-2)17-27-32-21-12-11-20(29)16-24(21)38-27/h9-12,16,19,22-23H,4-8,13-15,17-18H2,1-3H3,(H,30,36)(H,31,35)(H,33,37)/b10-9+/t19-,22-,23+/m0/s1. The number of amides is 3. The number of nitrogens with one attached hydrogen (secondary N) is 3. The van der Waals surface area contributed by atoms with E-state index in [-0.39, 0.29) is 42.5 Å². The van der Waals surface area contributed by atoms with Gasteiger partial charge in [-0.15, -0.1) is 11.3 Å². The summed E-state index contributed by atoms with van der Waals surface area (Å²) in [5.41, 5.74) is 0.809. The number of fused-ring (bicyclic) bond motifs is 1. The zero-order valence-corrected chi connectivity index (χ0v) is 24.2. The molecule has 1 aromatic heterocycles. The zero-order chi connectivity index (χ0) is 27.5. The second-order valence-electron chi connectivity index (χ2n) is 9.91. The van der Waals surface area contributed by atoms with E-state index in [9.17, 15) is 14.4 Å². The van der Waals surface area contributed by atoms with Crippen molar-refractivity contribution in [3.05, 3.63) is 40.4 Å². The van der Waals surface area contributed by atoms with Crippen LogP contribution in [0.15, 0.2) is 30.4 Å². The Morgan fingerprint density at radius 1 is 1.16 bits per heavy atom. The molecule has 3 N–H and O–H groups in total. The maximum Gasteiger partial charge on any atom is 0.243 e. The second-order valence-corrected chi connectivity index (χ2v) is 11.5. The van der Waals surface area contributed by atoms with Crippen LogP contribution >= 0.6 is 22.9 Å². The molecule has 0 unspecified atom stereocenters. The van der Waals surface area contributed by atoms with E-state index in [0.29, 0.717) is 11.6 Å². The van der Waals surface area contributed by atoms with Crippen LogP contribution in [-0.2, 0) is 20.8 Å². The van der Waals surface area contributed by atoms with E-state index < -0.39 is 6.04 Å². The predicted molar refractivity (Wildman–Crippen MR) is 154 cm³/mol. The smallest absolute Gasteiger partial charge is 0.243 e. The van der Waals surface area contributed by atoms with Gasteiger partial charge in [-0.25, -0.2) is 4.98 Å². The lowest BCUT2D eigenvalue weighted by atomic mass is 9.98. The normalized spacial score (nSPS) is 16.7. The summed E-state index contributed by atoms with van der Waals surface area (Å²) in [5.74, 6) is -0.539. The Morgan fingerprint density at radius 2 is 1.92 bits per heavy atom. The highest BCUT2D eigenvalue weighted by atomic mass is 35.5. The fourth-order valence-electron chi connectivity index (χ4n) is 4.40. The highest BCUT2D eigenvalue weighted by molar-refractivity contribution is 7.18. The first-order chi connectivity index (χ1) is 18.3. The van der Waals surface area contributed by atoms with Crippen LogP contribution in [0.25, 0.3) is 10.2 Å². The summed E-state index contributed by atoms with van der Waals surface area (Å²) >= 11 is 7.57. The molecule has 8 nitrogen and oxygen atoms in total. The molecule has 0 radical (unpaired) electrons. The van der Waals surface area contributed by atoms with Crippen LogP contribution in [0, 0.1) is 5.92 Å². The van der Waals surface area contributed by atoms with Crippen LogP contribution < -0.4 is 16.0 Å². The van der Waals surface area contributed by atoms with Crippen LogP contribution in [0.3, 0.4) is 0 Å². The number of carbonyl (C=O) groups excluding carboxylic acids is 3. The molecule has 1 aromatic carbocycles. The van der Waals surface area contributed by atoms with Crippen molar-refractivity contribution in [2.45, 2.75) is 71.4 Å². The van der Waals surface area contributed by atoms with Gasteiger partial charge in [0.25, 0.3) is 0 Å². The van der Waals surface area contributed by atoms with Gasteiger partial charge in [-0.3, -0.25) is 19.3 Å². The number of benzene rings is 1. The third-order valence-corrected chi connectivity index (χ3v) is 8.26. The van der Waals surface area contributed by atoms with Gasteiger partial charge in [-0.2, -0.15) is 0 Å². The Bertz CT molecular complexity index is 1120. The molecule has 1 saturated heterocycles. The Kier molecular flexibility index (Phi) is 12.0. The van der Waals surface area contributed by atoms with E-state index in [1.165, 1.54) is 30.6 Å². The van der Waals surface area contributed by atoms with Crippen molar-refractivity contribution in [1.29, 1.82) is 0 Å². The van der Waals surface area contributed by atoms with E-state index in [4.69, 9.17) is 11.6 Å². The molecule has 3 amide bonds. The monoisotopic (exact) mass is 561 g/mol. The third kappa shape index (κ3) is 9.36. The van der Waals surface area contributed by atoms with Gasteiger partial charge in [0, 0.05) is 43.1 Å². The molecule has 2 heterocycles. The number of piperidine rings is 1. The molecule has 0 aliphatic carbocycles. The molecule has 1 aliphatic heterocycles. The first kappa shape index (κ1) is 30.1. The minimum Gasteiger partial charge on any atom is -0.350 e. The topological polar surface area (TPSA) is 103 Å². The lowest BCUT2D eigenvalue weighted by Crippen LogP contribution is -2.54. The Hall–Kier alpha value is -2.49. The maximum absolute atomic E-state index is 13.4. The highest BCUT2D eigenvalue weighted by Crippen LogP contribution is 2.26. The van der Waals surface area contributed by atoms with E-state index in [2.05, 4.69) is 25.8 Å². The Morgan fingerprint density at radius 3 is 2.63 bits per heavy atom. The molecule has 2 aromatic rings. The molecule has 0 bridgehead atoms. The first-order valence-corrected chi connectivity index (χ1v) is 14.8. The number of thiazole rings is 1. The van der Waals surface area contributed by atoms with Crippen molar-refractivity contribution in [3.8, 4) is 0 Å². The Labute approximate surface area is 234 Å². The molecule has 208 valence electrons. The fraction of sp³-hybridized carbons (Fsp3) is 0.571. The first-order valence-electron chi connectivity index (χ1n) is 13.6. The molecule has 1 aliphatic rings. The number of nitrogens with zero attached hydrogens (tertiary/aromatic N) is 2. The fourth-order valence-corrected chi connectivity index (χ4v) is 5.69. The Balaban J connectivity index is 1.62. The quantitative estimate of drug-likeness (QED) is 0.320. The molecule has 0 saturated carbocycles. The summed E-state index contributed by atoms with van der Waals surface area (Å²) in [6.07, 6.45) is 8.55. The zero-order valence-electron chi connectivity index (χ0n) is 22.6.